The van der Waals surface area contributed by atoms with E-state index in [1.165, 1.54) is 36.4 Å². The molecule has 16 rings (SSSR count). The number of likely N-dealkylation sites (N-methyl/N-ethyl adjacent to an activating group) is 3. The van der Waals surface area contributed by atoms with Gasteiger partial charge in [0.25, 0.3) is 0 Å². The monoisotopic (exact) mass is 1970 g/mol. The van der Waals surface area contributed by atoms with E-state index in [2.05, 4.69) is 105 Å². The Hall–Kier alpha value is -12.5. The van der Waals surface area contributed by atoms with Crippen molar-refractivity contribution in [2.24, 2.45) is 5.92 Å². The highest BCUT2D eigenvalue weighted by molar-refractivity contribution is 5.73. The number of piperidine rings is 1. The Kier molecular flexibility index (Phi) is 63.9. The lowest BCUT2D eigenvalue weighted by molar-refractivity contribution is -0.162. The van der Waals surface area contributed by atoms with E-state index >= 15 is 0 Å². The number of pyridine rings is 1. The topological polar surface area (TPSA) is 413 Å². The Bertz CT molecular complexity index is 4220. The number of nitrogens with zero attached hydrogens (tertiary/aromatic N) is 27. The highest BCUT2D eigenvalue weighted by Gasteiger charge is 2.24. The van der Waals surface area contributed by atoms with Crippen molar-refractivity contribution >= 4 is 93.6 Å². The summed E-state index contributed by atoms with van der Waals surface area (Å²) in [4.78, 5) is 180. The zero-order valence-electron chi connectivity index (χ0n) is 82.3. The first-order chi connectivity index (χ1) is 67.8. The van der Waals surface area contributed by atoms with Crippen molar-refractivity contribution < 1.29 is 71.7 Å². The third-order valence-corrected chi connectivity index (χ3v) is 24.6. The summed E-state index contributed by atoms with van der Waals surface area (Å²) in [6.45, 7) is 46.0. The van der Waals surface area contributed by atoms with Gasteiger partial charge in [-0.2, -0.15) is 10.5 Å². The largest absolute Gasteiger partial charge is 0.379 e. The number of hydrogen-bond donors (Lipinski definition) is 1. The molecule has 11 fully saturated rings. The molecule has 3 aromatic heterocycles. The second-order valence-electron chi connectivity index (χ2n) is 34.6. The van der Waals surface area contributed by atoms with Crippen molar-refractivity contribution in [2.75, 3.05) is 344 Å². The number of imidazole rings is 1. The fourth-order valence-corrected chi connectivity index (χ4v) is 15.3. The zero-order valence-corrected chi connectivity index (χ0v) is 82.3. The smallest absolute Gasteiger partial charge is 0.219 e. The van der Waals surface area contributed by atoms with Gasteiger partial charge in [0.05, 0.1) is 61.8 Å². The molecule has 43 nitrogen and oxygen atoms in total. The fourth-order valence-electron chi connectivity index (χ4n) is 15.3. The molecule has 12 amide bonds. The molecule has 0 radical (unpaired) electrons. The molecule has 0 unspecified atom stereocenters. The number of ether oxygens (including phenoxy) is 3. The maximum Gasteiger partial charge on any atom is 0.219 e. The summed E-state index contributed by atoms with van der Waals surface area (Å²) in [5.41, 5.74) is 4.74. The molecule has 0 spiro atoms. The van der Waals surface area contributed by atoms with Crippen molar-refractivity contribution in [3.8, 4) is 12.1 Å². The SMILES string of the molecule is C.C.CC(=O)N1CCN(CCNC=O)CC1.CC1CCN(CCN(C)C=O)CC1.CN(C=O)CCN1CCOCC1.CN1CCCN(C=O)CC1.N#Cc1ccc(N2CCN(C=O)CC2)cc1.N#Cc1ccccc1N1CCN(C=O)CC1.O=CN1CCN(CCn2ccnc2)CC1.O=CN1CCN(Cc2ccncc2)CC1.O=CN1CCN(c2cnccn2)CC1.O=CN1CCOCC1.O=CN1COC1. The number of hydrogen-bond acceptors (Lipinski definition) is 30. The first-order valence-corrected chi connectivity index (χ1v) is 48.0. The number of rotatable bonds is 28. The fraction of sp³-hybridized carbons (Fsp3) is 0.612. The molecule has 5 aromatic rings. The van der Waals surface area contributed by atoms with Crippen LogP contribution in [0.15, 0.2) is 110 Å². The predicted octanol–water partition coefficient (Wildman–Crippen LogP) is 0.468. The Morgan fingerprint density at radius 3 is 1.35 bits per heavy atom. The van der Waals surface area contributed by atoms with E-state index in [0.29, 0.717) is 50.8 Å². The van der Waals surface area contributed by atoms with E-state index in [4.69, 9.17) is 20.0 Å². The molecule has 0 aliphatic carbocycles. The highest BCUT2D eigenvalue weighted by atomic mass is 16.5. The second-order valence-corrected chi connectivity index (χ2v) is 34.6. The number of carbonyl (C=O) groups is 12. The lowest BCUT2D eigenvalue weighted by atomic mass is 9.99. The van der Waals surface area contributed by atoms with Crippen LogP contribution >= 0.6 is 0 Å². The van der Waals surface area contributed by atoms with Crippen LogP contribution in [0.25, 0.3) is 0 Å². The van der Waals surface area contributed by atoms with Gasteiger partial charge >= 0.3 is 0 Å². The van der Waals surface area contributed by atoms with Gasteiger partial charge in [-0.1, -0.05) is 33.9 Å². The van der Waals surface area contributed by atoms with Gasteiger partial charge in [0.1, 0.15) is 25.3 Å². The van der Waals surface area contributed by atoms with E-state index in [0.717, 1.165) is 369 Å². The summed E-state index contributed by atoms with van der Waals surface area (Å²) in [7, 11) is 5.72. The molecule has 0 saturated carbocycles. The number of para-hydroxylation sites is 1. The number of benzene rings is 2. The Morgan fingerprint density at radius 1 is 0.440 bits per heavy atom. The second kappa shape index (κ2) is 74.5. The van der Waals surface area contributed by atoms with E-state index in [9.17, 15) is 57.5 Å². The summed E-state index contributed by atoms with van der Waals surface area (Å²) in [6.07, 6.45) is 27.6. The van der Waals surface area contributed by atoms with Crippen LogP contribution in [0.3, 0.4) is 0 Å². The summed E-state index contributed by atoms with van der Waals surface area (Å²) in [5, 5.41) is 20.3. The highest BCUT2D eigenvalue weighted by Crippen LogP contribution is 2.22. The number of nitriles is 2. The van der Waals surface area contributed by atoms with Gasteiger partial charge in [-0.25, -0.2) is 9.97 Å². The van der Waals surface area contributed by atoms with Gasteiger partial charge in [-0.3, -0.25) is 92.0 Å². The number of nitrogens with one attached hydrogen (secondary N) is 1. The van der Waals surface area contributed by atoms with Gasteiger partial charge in [0.15, 0.2) is 0 Å². The van der Waals surface area contributed by atoms with Crippen molar-refractivity contribution in [1.82, 2.24) is 113 Å². The molecule has 141 heavy (non-hydrogen) atoms. The summed E-state index contributed by atoms with van der Waals surface area (Å²) < 4.78 is 16.9. The van der Waals surface area contributed by atoms with E-state index in [1.54, 1.807) is 68.2 Å². The number of morpholine rings is 2. The Balaban J connectivity index is 0.000000325. The lowest BCUT2D eigenvalue weighted by Gasteiger charge is -2.34. The normalized spacial score (nSPS) is 17.9. The van der Waals surface area contributed by atoms with Gasteiger partial charge in [-0.05, 0) is 106 Å². The van der Waals surface area contributed by atoms with Crippen molar-refractivity contribution in [3.63, 3.8) is 0 Å². The number of carbonyl (C=O) groups excluding carboxylic acids is 12. The third kappa shape index (κ3) is 51.0. The molecular formula is C98H158N28O15. The van der Waals surface area contributed by atoms with Gasteiger partial charge in [-0.15, -0.1) is 0 Å². The summed E-state index contributed by atoms with van der Waals surface area (Å²) in [6, 6.07) is 23.5. The molecule has 43 heteroatoms. The van der Waals surface area contributed by atoms with E-state index < -0.39 is 0 Å². The standard InChI is InChI=1S/2C12H13N3O.C11H15N3O.C10H16N4O.C10H20N2O.C9H12N4O.C9H17N3O2.C8H16N2O2.C7H14N2O.C5H9NO2.C3H5NO2.2CH4/c13-9-11-1-3-12(4-2-11)15-7-5-14(10-16)6-8-15;13-9-11-3-1-2-4-12(11)15-7-5-14(10-16)6-8-15;15-10-14-7-5-13(6-8-14)9-11-1-3-12-4-2-11;15-10-14-7-4-12(5-8-14)3-6-13-2-1-11-9-13;1-10-3-5-12(6-4-10)8-7-11(2)9-13;14-8-12-3-5-13(6-4-12)9-7-10-1-2-11-9;1-9(14)12-6-4-11(5-7-12)3-2-10-8-13;1-9(8-11)2-3-10-4-6-12-7-5-10;1-8-3-2-4-9(7-10)6-5-8;7-5-6-1-3-8-4-2-6;5-1-4-2-6-3-4;;/h2*1-4,10H,5-8H2;1-4,10H,5-9H2;1-2,9-10H,3-8H2;9-10H,3-8H2,1-2H3;1-2,7-8H,3-6H2;8H,2-7H2,1H3,(H,10,13);8H,2-7H2,1H3;7H,2-6H2,1H3;5H,1-4H2;1H,2-3H2;2*1H4. The van der Waals surface area contributed by atoms with Crippen molar-refractivity contribution in [3.05, 3.63) is 127 Å². The molecule has 2 aromatic carbocycles. The van der Waals surface area contributed by atoms with Crippen LogP contribution in [0.2, 0.25) is 0 Å². The molecule has 0 bridgehead atoms. The maximum absolute atomic E-state index is 11.0. The third-order valence-electron chi connectivity index (χ3n) is 24.6. The molecule has 14 heterocycles. The molecule has 780 valence electrons. The van der Waals surface area contributed by atoms with Crippen molar-refractivity contribution in [2.45, 2.75) is 61.1 Å². The quantitative estimate of drug-likeness (QED) is 0.0525. The average Bonchev–Trinajstić information content (AvgIpc) is 0.864. The van der Waals surface area contributed by atoms with Gasteiger partial charge in [0.2, 0.25) is 76.4 Å². The maximum atomic E-state index is 11.0. The number of anilines is 3. The average molecular weight is 1970 g/mol. The number of piperazine rings is 6. The van der Waals surface area contributed by atoms with Crippen LogP contribution in [0.1, 0.15) is 64.7 Å². The molecule has 11 aliphatic rings. The molecule has 0 atom stereocenters. The minimum Gasteiger partial charge on any atom is -0.379 e. The van der Waals surface area contributed by atoms with Crippen LogP contribution in [-0.2, 0) is 84.8 Å². The number of aromatic nitrogens is 5. The number of amides is 12. The van der Waals surface area contributed by atoms with Crippen LogP contribution in [0.4, 0.5) is 17.2 Å². The minimum atomic E-state index is 0. The predicted molar refractivity (Wildman–Crippen MR) is 540 cm³/mol. The van der Waals surface area contributed by atoms with Gasteiger partial charge in [0, 0.05) is 326 Å². The Labute approximate surface area is 835 Å². The molecule has 1 N–H and O–H groups in total. The van der Waals surface area contributed by atoms with Crippen LogP contribution in [0.5, 0.6) is 0 Å². The van der Waals surface area contributed by atoms with Crippen molar-refractivity contribution in [1.29, 1.82) is 10.5 Å². The molecular weight excluding hydrogens is 1810 g/mol. The molecule has 11 saturated heterocycles. The van der Waals surface area contributed by atoms with Crippen LogP contribution in [-0.4, -0.2) is 514 Å². The van der Waals surface area contributed by atoms with E-state index in [-0.39, 0.29) is 20.8 Å². The molecule has 11 aliphatic heterocycles. The summed E-state index contributed by atoms with van der Waals surface area (Å²) >= 11 is 0. The van der Waals surface area contributed by atoms with Crippen LogP contribution in [0, 0.1) is 28.6 Å². The first-order valence-electron chi connectivity index (χ1n) is 48.0. The lowest BCUT2D eigenvalue weighted by Crippen LogP contribution is -2.49. The number of likely N-dealkylation sites (tertiary alicyclic amines) is 1. The van der Waals surface area contributed by atoms with Gasteiger partial charge < -0.3 is 97.6 Å². The summed E-state index contributed by atoms with van der Waals surface area (Å²) in [5.74, 6) is 1.92. The minimum absolute atomic E-state index is 0. The zero-order chi connectivity index (χ0) is 100. The van der Waals surface area contributed by atoms with Crippen LogP contribution < -0.4 is 20.0 Å². The van der Waals surface area contributed by atoms with E-state index in [1.807, 2.05) is 112 Å². The Morgan fingerprint density at radius 2 is 0.901 bits per heavy atom. The first kappa shape index (κ1) is 121.